The minimum absolute atomic E-state index is 0.0762. The number of imidazole rings is 1. The van der Waals surface area contributed by atoms with Crippen LogP contribution in [0.4, 0.5) is 0 Å². The van der Waals surface area contributed by atoms with Gasteiger partial charge in [0, 0.05) is 30.2 Å². The van der Waals surface area contributed by atoms with Gasteiger partial charge in [-0.3, -0.25) is 0 Å². The predicted molar refractivity (Wildman–Crippen MR) is 122 cm³/mol. The Morgan fingerprint density at radius 3 is 2.45 bits per heavy atom. The van der Waals surface area contributed by atoms with Gasteiger partial charge in [-0.1, -0.05) is 60.1 Å². The molecule has 0 spiro atoms. The average Bonchev–Trinajstić information content (AvgIpc) is 3.11. The molecule has 0 bridgehead atoms. The third-order valence-corrected chi connectivity index (χ3v) is 6.30. The number of aryl methyl sites for hydroxylation is 1. The molecule has 1 heterocycles. The molecule has 0 aliphatic carbocycles. The van der Waals surface area contributed by atoms with Crippen LogP contribution in [0.15, 0.2) is 83.8 Å². The molecule has 1 unspecified atom stereocenters. The minimum atomic E-state index is 0.0762. The van der Waals surface area contributed by atoms with Crippen molar-refractivity contribution in [1.82, 2.24) is 9.55 Å². The lowest BCUT2D eigenvalue weighted by atomic mass is 10.1. The largest absolute Gasteiger partial charge is 0.385 e. The second kappa shape index (κ2) is 9.49. The summed E-state index contributed by atoms with van der Waals surface area (Å²) in [5.74, 6) is 1.04. The summed E-state index contributed by atoms with van der Waals surface area (Å²) in [6.45, 7) is 1.54. The number of thioether (sulfide) groups is 1. The summed E-state index contributed by atoms with van der Waals surface area (Å²) in [6.07, 6.45) is 0.916. The number of fused-ring (bicyclic) bond motifs is 1. The van der Waals surface area contributed by atoms with E-state index in [-0.39, 0.29) is 5.25 Å². The molecule has 4 rings (SSSR count). The van der Waals surface area contributed by atoms with Crippen LogP contribution in [0.3, 0.4) is 0 Å². The highest BCUT2D eigenvalue weighted by Crippen LogP contribution is 2.41. The number of benzene rings is 3. The van der Waals surface area contributed by atoms with Crippen LogP contribution in [-0.4, -0.2) is 23.3 Å². The van der Waals surface area contributed by atoms with Crippen molar-refractivity contribution >= 4 is 34.4 Å². The standard InChI is InChI=1S/C24H23ClN2OS/c1-28-16-8-15-27-22-17-19(25)13-14-21(22)26-24(27)23(18-9-4-2-5-10-18)29-20-11-6-3-7-12-20/h2-7,9-14,17,23H,8,15-16H2,1H3. The fraction of sp³-hybridized carbons (Fsp3) is 0.208. The highest BCUT2D eigenvalue weighted by atomic mass is 35.5. The van der Waals surface area contributed by atoms with E-state index < -0.39 is 0 Å². The molecule has 3 aromatic carbocycles. The van der Waals surface area contributed by atoms with E-state index in [4.69, 9.17) is 21.3 Å². The number of aromatic nitrogens is 2. The molecule has 1 aromatic heterocycles. The number of hydrogen-bond acceptors (Lipinski definition) is 3. The van der Waals surface area contributed by atoms with Crippen LogP contribution in [0.25, 0.3) is 11.0 Å². The normalized spacial score (nSPS) is 12.3. The Bertz CT molecular complexity index is 1070. The van der Waals surface area contributed by atoms with Crippen LogP contribution in [0.2, 0.25) is 5.02 Å². The lowest BCUT2D eigenvalue weighted by Gasteiger charge is -2.19. The van der Waals surface area contributed by atoms with Crippen LogP contribution in [0.5, 0.6) is 0 Å². The fourth-order valence-electron chi connectivity index (χ4n) is 3.45. The van der Waals surface area contributed by atoms with E-state index in [0.29, 0.717) is 6.61 Å². The molecule has 5 heteroatoms. The molecular weight excluding hydrogens is 400 g/mol. The van der Waals surface area contributed by atoms with Gasteiger partial charge in [0.1, 0.15) is 5.82 Å². The maximum absolute atomic E-state index is 6.32. The van der Waals surface area contributed by atoms with Crippen molar-refractivity contribution in [1.29, 1.82) is 0 Å². The Balaban J connectivity index is 1.83. The van der Waals surface area contributed by atoms with Crippen LogP contribution in [0, 0.1) is 0 Å². The average molecular weight is 423 g/mol. The smallest absolute Gasteiger partial charge is 0.127 e. The fourth-order valence-corrected chi connectivity index (χ4v) is 4.78. The highest BCUT2D eigenvalue weighted by molar-refractivity contribution is 7.99. The Morgan fingerprint density at radius 2 is 1.72 bits per heavy atom. The predicted octanol–water partition coefficient (Wildman–Crippen LogP) is 6.61. The first-order valence-electron chi connectivity index (χ1n) is 9.67. The first kappa shape index (κ1) is 20.0. The Hall–Kier alpha value is -2.27. The van der Waals surface area contributed by atoms with Gasteiger partial charge < -0.3 is 9.30 Å². The lowest BCUT2D eigenvalue weighted by molar-refractivity contribution is 0.190. The summed E-state index contributed by atoms with van der Waals surface area (Å²) >= 11 is 8.14. The van der Waals surface area contributed by atoms with Crippen molar-refractivity contribution in [3.8, 4) is 0 Å². The Morgan fingerprint density at radius 1 is 1.00 bits per heavy atom. The van der Waals surface area contributed by atoms with Crippen molar-refractivity contribution in [2.24, 2.45) is 0 Å². The van der Waals surface area contributed by atoms with Crippen molar-refractivity contribution in [3.05, 3.63) is 95.3 Å². The third kappa shape index (κ3) is 4.67. The molecule has 3 nitrogen and oxygen atoms in total. The quantitative estimate of drug-likeness (QED) is 0.236. The van der Waals surface area contributed by atoms with Crippen molar-refractivity contribution < 1.29 is 4.74 Å². The van der Waals surface area contributed by atoms with Gasteiger partial charge in [-0.15, -0.1) is 11.8 Å². The number of rotatable bonds is 8. The van der Waals surface area contributed by atoms with E-state index in [1.807, 2.05) is 36.0 Å². The van der Waals surface area contributed by atoms with Gasteiger partial charge in [-0.05, 0) is 42.3 Å². The Labute approximate surface area is 180 Å². The number of halogens is 1. The summed E-state index contributed by atoms with van der Waals surface area (Å²) in [5, 5.41) is 0.802. The van der Waals surface area contributed by atoms with Gasteiger partial charge in [-0.2, -0.15) is 0 Å². The van der Waals surface area contributed by atoms with Crippen LogP contribution < -0.4 is 0 Å². The maximum atomic E-state index is 6.32. The van der Waals surface area contributed by atoms with Gasteiger partial charge in [-0.25, -0.2) is 4.98 Å². The molecule has 0 saturated carbocycles. The van der Waals surface area contributed by atoms with Crippen LogP contribution in [-0.2, 0) is 11.3 Å². The molecule has 0 fully saturated rings. The molecular formula is C24H23ClN2OS. The summed E-state index contributed by atoms with van der Waals surface area (Å²) in [4.78, 5) is 6.27. The van der Waals surface area contributed by atoms with Gasteiger partial charge in [0.05, 0.1) is 16.3 Å². The molecule has 29 heavy (non-hydrogen) atoms. The number of methoxy groups -OCH3 is 1. The zero-order chi connectivity index (χ0) is 20.1. The SMILES string of the molecule is COCCCn1c(C(Sc2ccccc2)c2ccccc2)nc2ccc(Cl)cc21. The molecule has 0 aliphatic rings. The molecule has 1 atom stereocenters. The molecule has 0 aliphatic heterocycles. The maximum Gasteiger partial charge on any atom is 0.127 e. The van der Waals surface area contributed by atoms with E-state index in [0.717, 1.165) is 34.8 Å². The zero-order valence-corrected chi connectivity index (χ0v) is 17.9. The van der Waals surface area contributed by atoms with Crippen molar-refractivity contribution in [2.75, 3.05) is 13.7 Å². The van der Waals surface area contributed by atoms with E-state index in [9.17, 15) is 0 Å². The van der Waals surface area contributed by atoms with E-state index in [1.54, 1.807) is 7.11 Å². The molecule has 0 amide bonds. The van der Waals surface area contributed by atoms with Crippen LogP contribution >= 0.6 is 23.4 Å². The summed E-state index contributed by atoms with van der Waals surface area (Å²) in [5.41, 5.74) is 3.27. The van der Waals surface area contributed by atoms with Gasteiger partial charge in [0.15, 0.2) is 0 Å². The topological polar surface area (TPSA) is 27.1 Å². The van der Waals surface area contributed by atoms with Gasteiger partial charge in [0.25, 0.3) is 0 Å². The van der Waals surface area contributed by atoms with Crippen LogP contribution in [0.1, 0.15) is 23.1 Å². The molecule has 148 valence electrons. The second-order valence-corrected chi connectivity index (χ2v) is 8.44. The Kier molecular flexibility index (Phi) is 6.55. The monoisotopic (exact) mass is 422 g/mol. The zero-order valence-electron chi connectivity index (χ0n) is 16.3. The molecule has 0 N–H and O–H groups in total. The summed E-state index contributed by atoms with van der Waals surface area (Å²) in [7, 11) is 1.74. The van der Waals surface area contributed by atoms with E-state index >= 15 is 0 Å². The van der Waals surface area contributed by atoms with Gasteiger partial charge >= 0.3 is 0 Å². The molecule has 0 saturated heterocycles. The number of hydrogen-bond donors (Lipinski definition) is 0. The van der Waals surface area contributed by atoms with Crippen molar-refractivity contribution in [2.45, 2.75) is 23.1 Å². The lowest BCUT2D eigenvalue weighted by Crippen LogP contribution is -2.10. The number of nitrogens with zero attached hydrogens (tertiary/aromatic N) is 2. The first-order chi connectivity index (χ1) is 14.3. The first-order valence-corrected chi connectivity index (χ1v) is 10.9. The summed E-state index contributed by atoms with van der Waals surface area (Å²) in [6, 6.07) is 27.0. The van der Waals surface area contributed by atoms with Crippen molar-refractivity contribution in [3.63, 3.8) is 0 Å². The minimum Gasteiger partial charge on any atom is -0.385 e. The van der Waals surface area contributed by atoms with E-state index in [1.165, 1.54) is 10.5 Å². The molecule has 0 radical (unpaired) electrons. The highest BCUT2D eigenvalue weighted by Gasteiger charge is 2.23. The number of ether oxygens (including phenoxy) is 1. The molecule has 4 aromatic rings. The van der Waals surface area contributed by atoms with Gasteiger partial charge in [0.2, 0.25) is 0 Å². The summed E-state index contributed by atoms with van der Waals surface area (Å²) < 4.78 is 7.59. The van der Waals surface area contributed by atoms with E-state index in [2.05, 4.69) is 59.2 Å². The third-order valence-electron chi connectivity index (χ3n) is 4.80. The second-order valence-electron chi connectivity index (χ2n) is 6.82.